The zero-order chi connectivity index (χ0) is 15.2. The molecule has 6 heteroatoms. The van der Waals surface area contributed by atoms with Gasteiger partial charge in [-0.3, -0.25) is 4.79 Å². The van der Waals surface area contributed by atoms with Gasteiger partial charge in [-0.2, -0.15) is 0 Å². The minimum Gasteiger partial charge on any atom is -0.409 e. The topological polar surface area (TPSA) is 99.2 Å². The maximum atomic E-state index is 12.9. The highest BCUT2D eigenvalue weighted by Crippen LogP contribution is 2.34. The van der Waals surface area contributed by atoms with Crippen LogP contribution in [0.4, 0.5) is 0 Å². The lowest BCUT2D eigenvalue weighted by Crippen LogP contribution is -2.55. The summed E-state index contributed by atoms with van der Waals surface area (Å²) in [5.74, 6) is -0.0863. The number of hydrogen-bond donors (Lipinski definition) is 3. The molecule has 0 atom stereocenters. The van der Waals surface area contributed by atoms with E-state index < -0.39 is 5.41 Å². The molecule has 0 radical (unpaired) electrons. The van der Waals surface area contributed by atoms with Crippen molar-refractivity contribution in [2.75, 3.05) is 13.2 Å². The molecule has 1 aliphatic carbocycles. The third-order valence-corrected chi connectivity index (χ3v) is 4.55. The number of carbonyl (C=O) groups is 1. The number of nitrogens with zero attached hydrogens (tertiary/aromatic N) is 2. The van der Waals surface area contributed by atoms with E-state index in [-0.39, 0.29) is 24.4 Å². The molecule has 1 saturated carbocycles. The molecule has 0 spiro atoms. The summed E-state index contributed by atoms with van der Waals surface area (Å²) in [4.78, 5) is 14.8. The van der Waals surface area contributed by atoms with Crippen LogP contribution in [0.5, 0.6) is 0 Å². The standard InChI is InChI=1S/C14H27N3O3/c1-3-14(4-2,12(15)16-20)13(19)17(9-6-10-18)11-7-5-8-11/h11,18,20H,3-10H2,1-2H3,(H2,15,16). The van der Waals surface area contributed by atoms with Crippen LogP contribution >= 0.6 is 0 Å². The van der Waals surface area contributed by atoms with Gasteiger partial charge in [0.15, 0.2) is 5.84 Å². The first kappa shape index (κ1) is 16.8. The Kier molecular flexibility index (Phi) is 6.26. The van der Waals surface area contributed by atoms with E-state index in [4.69, 9.17) is 16.0 Å². The zero-order valence-corrected chi connectivity index (χ0v) is 12.5. The van der Waals surface area contributed by atoms with Gasteiger partial charge in [0.25, 0.3) is 0 Å². The molecule has 0 saturated heterocycles. The Morgan fingerprint density at radius 3 is 2.35 bits per heavy atom. The lowest BCUT2D eigenvalue weighted by Gasteiger charge is -2.43. The number of hydrogen-bond acceptors (Lipinski definition) is 4. The molecule has 0 aromatic rings. The minimum atomic E-state index is -0.931. The highest BCUT2D eigenvalue weighted by Gasteiger charge is 2.44. The lowest BCUT2D eigenvalue weighted by molar-refractivity contribution is -0.143. The summed E-state index contributed by atoms with van der Waals surface area (Å²) in [6, 6.07) is 0.234. The van der Waals surface area contributed by atoms with Crippen LogP contribution in [0, 0.1) is 5.41 Å². The maximum absolute atomic E-state index is 12.9. The zero-order valence-electron chi connectivity index (χ0n) is 12.5. The summed E-state index contributed by atoms with van der Waals surface area (Å²) < 4.78 is 0. The van der Waals surface area contributed by atoms with Crippen LogP contribution in [-0.4, -0.2) is 46.1 Å². The van der Waals surface area contributed by atoms with E-state index in [1.165, 1.54) is 0 Å². The van der Waals surface area contributed by atoms with Crippen LogP contribution in [0.3, 0.4) is 0 Å². The van der Waals surface area contributed by atoms with Gasteiger partial charge in [-0.05, 0) is 38.5 Å². The third kappa shape index (κ3) is 3.06. The molecule has 116 valence electrons. The van der Waals surface area contributed by atoms with Crippen LogP contribution in [-0.2, 0) is 4.79 Å². The smallest absolute Gasteiger partial charge is 0.236 e. The molecular weight excluding hydrogens is 258 g/mol. The van der Waals surface area contributed by atoms with Gasteiger partial charge in [-0.1, -0.05) is 19.0 Å². The van der Waals surface area contributed by atoms with Crippen molar-refractivity contribution in [2.45, 2.75) is 58.4 Å². The van der Waals surface area contributed by atoms with Crippen molar-refractivity contribution in [3.05, 3.63) is 0 Å². The molecule has 0 aromatic carbocycles. The van der Waals surface area contributed by atoms with Gasteiger partial charge < -0.3 is 20.9 Å². The van der Waals surface area contributed by atoms with Gasteiger partial charge in [0, 0.05) is 19.2 Å². The maximum Gasteiger partial charge on any atom is 0.236 e. The molecule has 20 heavy (non-hydrogen) atoms. The van der Waals surface area contributed by atoms with Crippen molar-refractivity contribution in [3.8, 4) is 0 Å². The number of oxime groups is 1. The van der Waals surface area contributed by atoms with Crippen LogP contribution in [0.2, 0.25) is 0 Å². The molecule has 4 N–H and O–H groups in total. The molecular formula is C14H27N3O3. The van der Waals surface area contributed by atoms with Crippen molar-refractivity contribution in [1.29, 1.82) is 0 Å². The number of amidine groups is 1. The van der Waals surface area contributed by atoms with Crippen LogP contribution < -0.4 is 5.73 Å². The molecule has 1 amide bonds. The fraction of sp³-hybridized carbons (Fsp3) is 0.857. The number of nitrogens with two attached hydrogens (primary N) is 1. The number of rotatable bonds is 8. The Bertz CT molecular complexity index is 350. The lowest BCUT2D eigenvalue weighted by atomic mass is 9.78. The fourth-order valence-corrected chi connectivity index (χ4v) is 2.78. The first-order chi connectivity index (χ1) is 9.57. The van der Waals surface area contributed by atoms with Crippen molar-refractivity contribution in [3.63, 3.8) is 0 Å². The molecule has 1 rings (SSSR count). The normalized spacial score (nSPS) is 16.9. The SMILES string of the molecule is CCC(CC)(C(=O)N(CCCO)C1CCC1)C(N)=NO. The number of amides is 1. The Hall–Kier alpha value is -1.30. The van der Waals surface area contributed by atoms with Gasteiger partial charge in [-0.15, -0.1) is 0 Å². The van der Waals surface area contributed by atoms with E-state index in [1.54, 1.807) is 0 Å². The summed E-state index contributed by atoms with van der Waals surface area (Å²) in [7, 11) is 0. The van der Waals surface area contributed by atoms with Gasteiger partial charge >= 0.3 is 0 Å². The Balaban J connectivity index is 2.99. The predicted octanol–water partition coefficient (Wildman–Crippen LogP) is 1.30. The average Bonchev–Trinajstić information content (AvgIpc) is 2.42. The van der Waals surface area contributed by atoms with Gasteiger partial charge in [-0.25, -0.2) is 0 Å². The summed E-state index contributed by atoms with van der Waals surface area (Å²) in [6.45, 7) is 4.35. The first-order valence-corrected chi connectivity index (χ1v) is 7.47. The molecule has 0 bridgehead atoms. The number of carbonyl (C=O) groups excluding carboxylic acids is 1. The number of aliphatic hydroxyl groups is 1. The summed E-state index contributed by atoms with van der Waals surface area (Å²) >= 11 is 0. The first-order valence-electron chi connectivity index (χ1n) is 7.47. The minimum absolute atomic E-state index is 0.0131. The van der Waals surface area contributed by atoms with Crippen molar-refractivity contribution >= 4 is 11.7 Å². The summed E-state index contributed by atoms with van der Waals surface area (Å²) in [5, 5.41) is 21.1. The Morgan fingerprint density at radius 2 is 2.00 bits per heavy atom. The van der Waals surface area contributed by atoms with Crippen molar-refractivity contribution in [1.82, 2.24) is 4.90 Å². The van der Waals surface area contributed by atoms with E-state index in [2.05, 4.69) is 5.16 Å². The highest BCUT2D eigenvalue weighted by atomic mass is 16.4. The average molecular weight is 285 g/mol. The molecule has 1 aliphatic rings. The van der Waals surface area contributed by atoms with E-state index in [0.29, 0.717) is 25.8 Å². The summed E-state index contributed by atoms with van der Waals surface area (Å²) in [5.41, 5.74) is 4.87. The van der Waals surface area contributed by atoms with Crippen molar-refractivity contribution in [2.24, 2.45) is 16.3 Å². The molecule has 0 aliphatic heterocycles. The summed E-state index contributed by atoms with van der Waals surface area (Å²) in [6.07, 6.45) is 4.68. The second-order valence-electron chi connectivity index (χ2n) is 5.43. The Morgan fingerprint density at radius 1 is 1.40 bits per heavy atom. The second kappa shape index (κ2) is 7.47. The largest absolute Gasteiger partial charge is 0.409 e. The quantitative estimate of drug-likeness (QED) is 0.271. The predicted molar refractivity (Wildman–Crippen MR) is 77.5 cm³/mol. The van der Waals surface area contributed by atoms with E-state index in [9.17, 15) is 4.79 Å². The highest BCUT2D eigenvalue weighted by molar-refractivity contribution is 6.06. The second-order valence-corrected chi connectivity index (χ2v) is 5.43. The van der Waals surface area contributed by atoms with Gasteiger partial charge in [0.1, 0.15) is 5.41 Å². The molecule has 0 heterocycles. The third-order valence-electron chi connectivity index (χ3n) is 4.55. The molecule has 0 aromatic heterocycles. The van der Waals surface area contributed by atoms with E-state index >= 15 is 0 Å². The Labute approximate surface area is 120 Å². The monoisotopic (exact) mass is 285 g/mol. The van der Waals surface area contributed by atoms with E-state index in [1.807, 2.05) is 18.7 Å². The van der Waals surface area contributed by atoms with Crippen LogP contribution in [0.1, 0.15) is 52.4 Å². The van der Waals surface area contributed by atoms with Gasteiger partial charge in [0.2, 0.25) is 5.91 Å². The van der Waals surface area contributed by atoms with Gasteiger partial charge in [0.05, 0.1) is 0 Å². The van der Waals surface area contributed by atoms with Crippen LogP contribution in [0.25, 0.3) is 0 Å². The fourth-order valence-electron chi connectivity index (χ4n) is 2.78. The molecule has 0 unspecified atom stereocenters. The molecule has 1 fully saturated rings. The van der Waals surface area contributed by atoms with Crippen LogP contribution in [0.15, 0.2) is 5.16 Å². The van der Waals surface area contributed by atoms with E-state index in [0.717, 1.165) is 19.3 Å². The molecule has 6 nitrogen and oxygen atoms in total. The van der Waals surface area contributed by atoms with Crippen molar-refractivity contribution < 1.29 is 15.1 Å². The number of aliphatic hydroxyl groups excluding tert-OH is 1.